The van der Waals surface area contributed by atoms with E-state index < -0.39 is 0 Å². The summed E-state index contributed by atoms with van der Waals surface area (Å²) >= 11 is 2.11. The van der Waals surface area contributed by atoms with E-state index in [2.05, 4.69) is 43.0 Å². The van der Waals surface area contributed by atoms with Crippen molar-refractivity contribution < 1.29 is 0 Å². The Bertz CT molecular complexity index is 345. The van der Waals surface area contributed by atoms with Gasteiger partial charge < -0.3 is 5.73 Å². The van der Waals surface area contributed by atoms with E-state index in [9.17, 15) is 0 Å². The predicted molar refractivity (Wildman–Crippen MR) is 77.4 cm³/mol. The zero-order chi connectivity index (χ0) is 12.1. The number of hydrogen-bond donors (Lipinski definition) is 1. The van der Waals surface area contributed by atoms with Gasteiger partial charge in [-0.05, 0) is 30.9 Å². The van der Waals surface area contributed by atoms with Crippen molar-refractivity contribution in [2.45, 2.75) is 49.5 Å². The zero-order valence-corrected chi connectivity index (χ0v) is 11.5. The molecule has 1 unspecified atom stereocenters. The first-order chi connectivity index (χ1) is 8.31. The molecule has 0 aromatic heterocycles. The van der Waals surface area contributed by atoms with Gasteiger partial charge >= 0.3 is 0 Å². The Hall–Kier alpha value is -0.470. The average molecular weight is 249 g/mol. The molecule has 1 atom stereocenters. The van der Waals surface area contributed by atoms with Crippen LogP contribution < -0.4 is 5.73 Å². The van der Waals surface area contributed by atoms with Gasteiger partial charge in [-0.3, -0.25) is 0 Å². The van der Waals surface area contributed by atoms with Crippen LogP contribution in [0, 0.1) is 6.92 Å². The molecule has 0 aliphatic heterocycles. The second-order valence-electron chi connectivity index (χ2n) is 4.98. The minimum atomic E-state index is 0.485. The third kappa shape index (κ3) is 3.49. The lowest BCUT2D eigenvalue weighted by Gasteiger charge is -2.26. The number of benzene rings is 1. The first kappa shape index (κ1) is 13.0. The van der Waals surface area contributed by atoms with Gasteiger partial charge in [0, 0.05) is 17.0 Å². The Morgan fingerprint density at radius 2 is 1.94 bits per heavy atom. The van der Waals surface area contributed by atoms with Crippen LogP contribution in [0.3, 0.4) is 0 Å². The summed E-state index contributed by atoms with van der Waals surface area (Å²) in [7, 11) is 0. The summed E-state index contributed by atoms with van der Waals surface area (Å²) < 4.78 is 0. The smallest absolute Gasteiger partial charge is 0.0425 e. The van der Waals surface area contributed by atoms with Gasteiger partial charge in [-0.2, -0.15) is 0 Å². The molecule has 1 nitrogen and oxygen atoms in total. The third-order valence-electron chi connectivity index (χ3n) is 3.66. The number of rotatable bonds is 4. The van der Waals surface area contributed by atoms with Gasteiger partial charge in [0.2, 0.25) is 0 Å². The molecule has 1 aliphatic rings. The van der Waals surface area contributed by atoms with Crippen molar-refractivity contribution in [3.63, 3.8) is 0 Å². The maximum absolute atomic E-state index is 5.97. The molecule has 2 rings (SSSR count). The molecule has 94 valence electrons. The fraction of sp³-hybridized carbons (Fsp3) is 0.600. The summed E-state index contributed by atoms with van der Waals surface area (Å²) in [5.41, 5.74) is 8.79. The Balaban J connectivity index is 2.03. The molecule has 0 saturated heterocycles. The quantitative estimate of drug-likeness (QED) is 0.871. The van der Waals surface area contributed by atoms with E-state index in [1.54, 1.807) is 0 Å². The Morgan fingerprint density at radius 3 is 2.59 bits per heavy atom. The summed E-state index contributed by atoms with van der Waals surface area (Å²) in [6, 6.07) is 8.67. The number of thioether (sulfide) groups is 1. The highest BCUT2D eigenvalue weighted by atomic mass is 32.2. The van der Waals surface area contributed by atoms with Crippen molar-refractivity contribution in [1.29, 1.82) is 0 Å². The number of nitrogens with two attached hydrogens (primary N) is 1. The molecule has 0 bridgehead atoms. The highest BCUT2D eigenvalue weighted by molar-refractivity contribution is 8.00. The molecule has 1 aromatic carbocycles. The van der Waals surface area contributed by atoms with Crippen LogP contribution in [0.2, 0.25) is 0 Å². The number of aryl methyl sites for hydroxylation is 1. The van der Waals surface area contributed by atoms with Gasteiger partial charge in [0.1, 0.15) is 0 Å². The van der Waals surface area contributed by atoms with Crippen molar-refractivity contribution in [1.82, 2.24) is 0 Å². The predicted octanol–water partition coefficient (Wildman–Crippen LogP) is 4.06. The first-order valence-electron chi connectivity index (χ1n) is 6.72. The van der Waals surface area contributed by atoms with Gasteiger partial charge in [0.25, 0.3) is 0 Å². The average Bonchev–Trinajstić information content (AvgIpc) is 2.38. The SMILES string of the molecule is Cc1ccccc1C(CN)SC1CCCCC1. The summed E-state index contributed by atoms with van der Waals surface area (Å²) in [6.07, 6.45) is 7.00. The standard InChI is InChI=1S/C15H23NS/c1-12-7-5-6-10-14(12)15(11-16)17-13-8-3-2-4-9-13/h5-7,10,13,15H,2-4,8-9,11,16H2,1H3. The Kier molecular flexibility index (Phi) is 4.93. The molecule has 0 radical (unpaired) electrons. The van der Waals surface area contributed by atoms with E-state index in [1.807, 2.05) is 0 Å². The molecule has 17 heavy (non-hydrogen) atoms. The summed E-state index contributed by atoms with van der Waals surface area (Å²) in [4.78, 5) is 0. The van der Waals surface area contributed by atoms with Crippen LogP contribution in [0.4, 0.5) is 0 Å². The van der Waals surface area contributed by atoms with E-state index in [0.29, 0.717) is 5.25 Å². The first-order valence-corrected chi connectivity index (χ1v) is 7.66. The largest absolute Gasteiger partial charge is 0.329 e. The minimum absolute atomic E-state index is 0.485. The van der Waals surface area contributed by atoms with Crippen LogP contribution in [-0.4, -0.2) is 11.8 Å². The molecule has 0 heterocycles. The van der Waals surface area contributed by atoms with E-state index in [4.69, 9.17) is 5.73 Å². The van der Waals surface area contributed by atoms with Crippen LogP contribution >= 0.6 is 11.8 Å². The van der Waals surface area contributed by atoms with Crippen molar-refractivity contribution in [2.24, 2.45) is 5.73 Å². The lowest BCUT2D eigenvalue weighted by molar-refractivity contribution is 0.515. The van der Waals surface area contributed by atoms with E-state index in [1.165, 1.54) is 43.2 Å². The van der Waals surface area contributed by atoms with Gasteiger partial charge in [0.15, 0.2) is 0 Å². The van der Waals surface area contributed by atoms with Gasteiger partial charge in [-0.15, -0.1) is 11.8 Å². The zero-order valence-electron chi connectivity index (χ0n) is 10.7. The Labute approximate surface area is 109 Å². The van der Waals surface area contributed by atoms with Gasteiger partial charge in [-0.25, -0.2) is 0 Å². The molecule has 1 fully saturated rings. The third-order valence-corrected chi connectivity index (χ3v) is 5.29. The van der Waals surface area contributed by atoms with Gasteiger partial charge in [-0.1, -0.05) is 43.5 Å². The summed E-state index contributed by atoms with van der Waals surface area (Å²) in [5.74, 6) is 0. The van der Waals surface area contributed by atoms with Crippen molar-refractivity contribution >= 4 is 11.8 Å². The topological polar surface area (TPSA) is 26.0 Å². The molecule has 0 spiro atoms. The minimum Gasteiger partial charge on any atom is -0.329 e. The lowest BCUT2D eigenvalue weighted by Crippen LogP contribution is -2.16. The second kappa shape index (κ2) is 6.46. The van der Waals surface area contributed by atoms with E-state index >= 15 is 0 Å². The molecule has 2 heteroatoms. The van der Waals surface area contributed by atoms with Gasteiger partial charge in [0.05, 0.1) is 0 Å². The monoisotopic (exact) mass is 249 g/mol. The molecule has 0 amide bonds. The van der Waals surface area contributed by atoms with Crippen LogP contribution in [0.1, 0.15) is 48.5 Å². The van der Waals surface area contributed by atoms with Crippen LogP contribution in [-0.2, 0) is 0 Å². The van der Waals surface area contributed by atoms with Crippen molar-refractivity contribution in [3.05, 3.63) is 35.4 Å². The molecular weight excluding hydrogens is 226 g/mol. The number of hydrogen-bond acceptors (Lipinski definition) is 2. The fourth-order valence-electron chi connectivity index (χ4n) is 2.64. The Morgan fingerprint density at radius 1 is 1.24 bits per heavy atom. The van der Waals surface area contributed by atoms with Crippen LogP contribution in [0.25, 0.3) is 0 Å². The van der Waals surface area contributed by atoms with Crippen molar-refractivity contribution in [2.75, 3.05) is 6.54 Å². The molecule has 1 saturated carbocycles. The van der Waals surface area contributed by atoms with Crippen molar-refractivity contribution in [3.8, 4) is 0 Å². The molecule has 2 N–H and O–H groups in total. The normalized spacial score (nSPS) is 19.2. The van der Waals surface area contributed by atoms with Crippen LogP contribution in [0.15, 0.2) is 24.3 Å². The molecule has 1 aromatic rings. The van der Waals surface area contributed by atoms with Crippen LogP contribution in [0.5, 0.6) is 0 Å². The maximum atomic E-state index is 5.97. The highest BCUT2D eigenvalue weighted by Crippen LogP contribution is 2.38. The van der Waals surface area contributed by atoms with E-state index in [0.717, 1.165) is 11.8 Å². The fourth-order valence-corrected chi connectivity index (χ4v) is 4.23. The van der Waals surface area contributed by atoms with E-state index in [-0.39, 0.29) is 0 Å². The summed E-state index contributed by atoms with van der Waals surface area (Å²) in [6.45, 7) is 2.95. The summed E-state index contributed by atoms with van der Waals surface area (Å²) in [5, 5.41) is 1.32. The molecular formula is C15H23NS. The lowest BCUT2D eigenvalue weighted by atomic mass is 10.0. The second-order valence-corrected chi connectivity index (χ2v) is 6.48. The highest BCUT2D eigenvalue weighted by Gasteiger charge is 2.20. The molecule has 1 aliphatic carbocycles. The maximum Gasteiger partial charge on any atom is 0.0425 e.